The number of carbonyl (C=O) groups is 1. The van der Waals surface area contributed by atoms with Crippen LogP contribution in [0.2, 0.25) is 0 Å². The summed E-state index contributed by atoms with van der Waals surface area (Å²) in [4.78, 5) is 15.8. The molecular weight excluding hydrogens is 238 g/mol. The second-order valence-electron chi connectivity index (χ2n) is 5.39. The third-order valence-electron chi connectivity index (χ3n) is 4.11. The molecular formula is C16H17NO2. The zero-order valence-corrected chi connectivity index (χ0v) is 11.0. The fourth-order valence-corrected chi connectivity index (χ4v) is 3.13. The highest BCUT2D eigenvalue weighted by molar-refractivity contribution is 5.80. The number of pyridine rings is 1. The Hall–Kier alpha value is -1.90. The molecule has 3 nitrogen and oxygen atoms in total. The van der Waals surface area contributed by atoms with Crippen molar-refractivity contribution < 1.29 is 9.90 Å². The van der Waals surface area contributed by atoms with Crippen LogP contribution in [0.3, 0.4) is 0 Å². The Morgan fingerprint density at radius 2 is 2.11 bits per heavy atom. The van der Waals surface area contributed by atoms with Gasteiger partial charge in [0.05, 0.1) is 11.4 Å². The number of hydrogen-bond donors (Lipinski definition) is 1. The van der Waals surface area contributed by atoms with E-state index < -0.39 is 5.97 Å². The van der Waals surface area contributed by atoms with Crippen molar-refractivity contribution in [2.24, 2.45) is 5.92 Å². The van der Waals surface area contributed by atoms with Crippen molar-refractivity contribution in [3.63, 3.8) is 0 Å². The van der Waals surface area contributed by atoms with E-state index in [2.05, 4.69) is 17.1 Å². The molecule has 0 amide bonds. The van der Waals surface area contributed by atoms with E-state index in [9.17, 15) is 9.90 Å². The zero-order valence-electron chi connectivity index (χ0n) is 11.0. The molecule has 1 aliphatic carbocycles. The van der Waals surface area contributed by atoms with Crippen LogP contribution in [0.25, 0.3) is 10.9 Å². The Bertz CT molecular complexity index is 636. The first kappa shape index (κ1) is 12.2. The SMILES string of the molecule is Cc1ccc2cc(C3CCCC3C(=O)O)ccc2n1. The second kappa shape index (κ2) is 4.65. The lowest BCUT2D eigenvalue weighted by atomic mass is 9.88. The third kappa shape index (κ3) is 2.21. The molecule has 0 spiro atoms. The summed E-state index contributed by atoms with van der Waals surface area (Å²) in [5.74, 6) is -0.733. The quantitative estimate of drug-likeness (QED) is 0.893. The van der Waals surface area contributed by atoms with Crippen LogP contribution in [0.4, 0.5) is 0 Å². The number of aliphatic carboxylic acids is 1. The van der Waals surface area contributed by atoms with Gasteiger partial charge in [0, 0.05) is 11.1 Å². The second-order valence-corrected chi connectivity index (χ2v) is 5.39. The predicted octanol–water partition coefficient (Wildman–Crippen LogP) is 3.51. The first-order valence-electron chi connectivity index (χ1n) is 6.75. The van der Waals surface area contributed by atoms with Crippen molar-refractivity contribution in [2.75, 3.05) is 0 Å². The Kier molecular flexibility index (Phi) is 2.97. The molecule has 2 aromatic rings. The van der Waals surface area contributed by atoms with Crippen LogP contribution in [-0.2, 0) is 4.79 Å². The van der Waals surface area contributed by atoms with Gasteiger partial charge in [-0.15, -0.1) is 0 Å². The standard InChI is InChI=1S/C16H17NO2/c1-10-5-6-12-9-11(7-8-15(12)17-10)13-3-2-4-14(13)16(18)19/h5-9,13-14H,2-4H2,1H3,(H,18,19). The molecule has 1 fully saturated rings. The number of carboxylic acid groups (broad SMARTS) is 1. The lowest BCUT2D eigenvalue weighted by molar-refractivity contribution is -0.142. The van der Waals surface area contributed by atoms with Crippen LogP contribution in [0.15, 0.2) is 30.3 Å². The van der Waals surface area contributed by atoms with Gasteiger partial charge in [-0.05, 0) is 49.4 Å². The average molecular weight is 255 g/mol. The van der Waals surface area contributed by atoms with E-state index in [1.165, 1.54) is 0 Å². The first-order valence-corrected chi connectivity index (χ1v) is 6.75. The molecule has 1 aromatic carbocycles. The van der Waals surface area contributed by atoms with Crippen LogP contribution in [-0.4, -0.2) is 16.1 Å². The highest BCUT2D eigenvalue weighted by atomic mass is 16.4. The van der Waals surface area contributed by atoms with E-state index in [1.807, 2.05) is 25.1 Å². The summed E-state index contributed by atoms with van der Waals surface area (Å²) < 4.78 is 0. The summed E-state index contributed by atoms with van der Waals surface area (Å²) in [6.07, 6.45) is 2.78. The van der Waals surface area contributed by atoms with Crippen molar-refractivity contribution in [3.05, 3.63) is 41.6 Å². The van der Waals surface area contributed by atoms with E-state index >= 15 is 0 Å². The smallest absolute Gasteiger partial charge is 0.307 e. The predicted molar refractivity (Wildman–Crippen MR) is 74.2 cm³/mol. The van der Waals surface area contributed by atoms with Crippen molar-refractivity contribution >= 4 is 16.9 Å². The lowest BCUT2D eigenvalue weighted by Crippen LogP contribution is -2.16. The van der Waals surface area contributed by atoms with E-state index in [1.54, 1.807) is 0 Å². The van der Waals surface area contributed by atoms with Gasteiger partial charge in [-0.25, -0.2) is 0 Å². The third-order valence-corrected chi connectivity index (χ3v) is 4.11. The maximum absolute atomic E-state index is 11.3. The van der Waals surface area contributed by atoms with Crippen molar-refractivity contribution in [1.29, 1.82) is 0 Å². The van der Waals surface area contributed by atoms with Crippen LogP contribution < -0.4 is 0 Å². The molecule has 0 aliphatic heterocycles. The fourth-order valence-electron chi connectivity index (χ4n) is 3.13. The molecule has 1 aromatic heterocycles. The molecule has 1 heterocycles. The molecule has 19 heavy (non-hydrogen) atoms. The molecule has 3 rings (SSSR count). The number of benzene rings is 1. The molecule has 1 N–H and O–H groups in total. The van der Waals surface area contributed by atoms with Gasteiger partial charge in [0.2, 0.25) is 0 Å². The molecule has 2 unspecified atom stereocenters. The molecule has 98 valence electrons. The summed E-state index contributed by atoms with van der Waals surface area (Å²) in [6.45, 7) is 1.98. The molecule has 1 saturated carbocycles. The Balaban J connectivity index is 2.01. The zero-order chi connectivity index (χ0) is 13.4. The molecule has 2 atom stereocenters. The maximum atomic E-state index is 11.3. The minimum absolute atomic E-state index is 0.156. The van der Waals surface area contributed by atoms with Gasteiger partial charge in [-0.2, -0.15) is 0 Å². The summed E-state index contributed by atoms with van der Waals surface area (Å²) in [7, 11) is 0. The van der Waals surface area contributed by atoms with Crippen LogP contribution in [0, 0.1) is 12.8 Å². The van der Waals surface area contributed by atoms with Crippen LogP contribution in [0.1, 0.15) is 36.4 Å². The number of fused-ring (bicyclic) bond motifs is 1. The monoisotopic (exact) mass is 255 g/mol. The molecule has 3 heteroatoms. The van der Waals surface area contributed by atoms with E-state index in [0.29, 0.717) is 0 Å². The normalized spacial score (nSPS) is 22.8. The van der Waals surface area contributed by atoms with Crippen LogP contribution >= 0.6 is 0 Å². The number of aryl methyl sites for hydroxylation is 1. The fraction of sp³-hybridized carbons (Fsp3) is 0.375. The number of nitrogens with zero attached hydrogens (tertiary/aromatic N) is 1. The summed E-state index contributed by atoms with van der Waals surface area (Å²) in [6, 6.07) is 10.2. The van der Waals surface area contributed by atoms with Gasteiger partial charge in [-0.3, -0.25) is 9.78 Å². The van der Waals surface area contributed by atoms with E-state index in [-0.39, 0.29) is 11.8 Å². The van der Waals surface area contributed by atoms with Gasteiger partial charge in [-0.1, -0.05) is 18.6 Å². The van der Waals surface area contributed by atoms with Crippen molar-refractivity contribution in [2.45, 2.75) is 32.1 Å². The lowest BCUT2D eigenvalue weighted by Gasteiger charge is -2.16. The van der Waals surface area contributed by atoms with Gasteiger partial charge in [0.1, 0.15) is 0 Å². The molecule has 1 aliphatic rings. The van der Waals surface area contributed by atoms with Crippen LogP contribution in [0.5, 0.6) is 0 Å². The van der Waals surface area contributed by atoms with Gasteiger partial charge in [0.25, 0.3) is 0 Å². The van der Waals surface area contributed by atoms with E-state index in [4.69, 9.17) is 0 Å². The minimum Gasteiger partial charge on any atom is -0.481 e. The average Bonchev–Trinajstić information content (AvgIpc) is 2.87. The Morgan fingerprint density at radius 3 is 2.89 bits per heavy atom. The topological polar surface area (TPSA) is 50.2 Å². The Labute approximate surface area is 112 Å². The van der Waals surface area contributed by atoms with Gasteiger partial charge in [0.15, 0.2) is 0 Å². The molecule has 0 radical (unpaired) electrons. The number of carboxylic acids is 1. The summed E-state index contributed by atoms with van der Waals surface area (Å²) in [5, 5.41) is 10.4. The van der Waals surface area contributed by atoms with Gasteiger partial charge >= 0.3 is 5.97 Å². The molecule has 0 bridgehead atoms. The van der Waals surface area contributed by atoms with Crippen molar-refractivity contribution in [1.82, 2.24) is 4.98 Å². The highest BCUT2D eigenvalue weighted by Gasteiger charge is 2.33. The number of hydrogen-bond acceptors (Lipinski definition) is 2. The van der Waals surface area contributed by atoms with Crippen molar-refractivity contribution in [3.8, 4) is 0 Å². The number of aromatic nitrogens is 1. The highest BCUT2D eigenvalue weighted by Crippen LogP contribution is 2.40. The van der Waals surface area contributed by atoms with E-state index in [0.717, 1.165) is 41.4 Å². The number of rotatable bonds is 2. The largest absolute Gasteiger partial charge is 0.481 e. The maximum Gasteiger partial charge on any atom is 0.307 e. The minimum atomic E-state index is -0.662. The first-order chi connectivity index (χ1) is 9.15. The summed E-state index contributed by atoms with van der Waals surface area (Å²) in [5.41, 5.74) is 3.13. The molecule has 0 saturated heterocycles. The van der Waals surface area contributed by atoms with Gasteiger partial charge < -0.3 is 5.11 Å². The Morgan fingerprint density at radius 1 is 1.26 bits per heavy atom. The summed E-state index contributed by atoms with van der Waals surface area (Å²) >= 11 is 0.